The monoisotopic (exact) mass is 475 g/mol. The lowest BCUT2D eigenvalue weighted by Crippen LogP contribution is -2.52. The van der Waals surface area contributed by atoms with Gasteiger partial charge >= 0.3 is 0 Å². The molecular weight excluding hydrogens is 450 g/mol. The summed E-state index contributed by atoms with van der Waals surface area (Å²) in [6.07, 6.45) is 0.830. The van der Waals surface area contributed by atoms with Crippen LogP contribution in [0.5, 0.6) is 0 Å². The Morgan fingerprint density at radius 3 is 2.50 bits per heavy atom. The summed E-state index contributed by atoms with van der Waals surface area (Å²) in [5.41, 5.74) is 5.74. The smallest absolute Gasteiger partial charge is 0.255 e. The van der Waals surface area contributed by atoms with E-state index < -0.39 is 12.0 Å². The van der Waals surface area contributed by atoms with Crippen molar-refractivity contribution < 1.29 is 14.4 Å². The topological polar surface area (TPSA) is 70.7 Å². The molecule has 0 saturated carbocycles. The molecule has 1 fully saturated rings. The van der Waals surface area contributed by atoms with Crippen molar-refractivity contribution in [3.63, 3.8) is 0 Å². The lowest BCUT2D eigenvalue weighted by atomic mass is 9.78. The summed E-state index contributed by atoms with van der Waals surface area (Å²) in [4.78, 5) is 34.9. The molecule has 2 aliphatic heterocycles. The van der Waals surface area contributed by atoms with E-state index in [2.05, 4.69) is 10.8 Å². The minimum Gasteiger partial charge on any atom is -0.326 e. The van der Waals surface area contributed by atoms with Crippen LogP contribution in [0.4, 0.5) is 0 Å². The van der Waals surface area contributed by atoms with Crippen molar-refractivity contribution in [2.24, 2.45) is 0 Å². The maximum atomic E-state index is 13.7. The molecule has 3 atom stereocenters. The maximum absolute atomic E-state index is 13.7. The highest BCUT2D eigenvalue weighted by atomic mass is 35.5. The van der Waals surface area contributed by atoms with Crippen molar-refractivity contribution in [2.45, 2.75) is 31.0 Å². The summed E-state index contributed by atoms with van der Waals surface area (Å²) < 4.78 is 0. The number of fused-ring (bicyclic) bond motifs is 1. The predicted molar refractivity (Wildman–Crippen MR) is 130 cm³/mol. The number of carbonyl (C=O) groups excluding carboxylic acids is 2. The molecule has 2 aliphatic rings. The van der Waals surface area contributed by atoms with Gasteiger partial charge in [0.05, 0.1) is 18.6 Å². The van der Waals surface area contributed by atoms with E-state index in [9.17, 15) is 9.59 Å². The summed E-state index contributed by atoms with van der Waals surface area (Å²) in [6.45, 7) is 1.78. The van der Waals surface area contributed by atoms with Gasteiger partial charge in [0.2, 0.25) is 0 Å². The van der Waals surface area contributed by atoms with Crippen LogP contribution in [0.1, 0.15) is 45.4 Å². The third-order valence-electron chi connectivity index (χ3n) is 6.55. The van der Waals surface area contributed by atoms with Crippen LogP contribution in [0.25, 0.3) is 0 Å². The standard InChI is InChI=1S/C27H26ClN3O3/c28-20-12-10-19(11-13-20)25-24(26(32)30-34-17-18-6-2-1-3-7-18)22-8-4-5-9-23(22)27(33)31(25)21-14-15-29-16-21/h1-13,21,24-25,29H,14-17H2,(H,30,32)/t21-,24-,25+/m1/s1. The minimum atomic E-state index is -0.633. The van der Waals surface area contributed by atoms with Crippen LogP contribution in [0, 0.1) is 0 Å². The van der Waals surface area contributed by atoms with Gasteiger partial charge in [0.1, 0.15) is 0 Å². The molecule has 5 rings (SSSR count). The van der Waals surface area contributed by atoms with Crippen LogP contribution in [0.15, 0.2) is 78.9 Å². The first-order valence-corrected chi connectivity index (χ1v) is 11.8. The van der Waals surface area contributed by atoms with Gasteiger partial charge in [-0.05, 0) is 47.9 Å². The minimum absolute atomic E-state index is 0.0120. The molecule has 2 heterocycles. The summed E-state index contributed by atoms with van der Waals surface area (Å²) >= 11 is 6.16. The van der Waals surface area contributed by atoms with E-state index in [1.165, 1.54) is 0 Å². The van der Waals surface area contributed by atoms with Crippen molar-refractivity contribution in [2.75, 3.05) is 13.1 Å². The molecule has 0 aromatic heterocycles. The molecule has 0 aliphatic carbocycles. The van der Waals surface area contributed by atoms with E-state index in [0.29, 0.717) is 22.7 Å². The Morgan fingerprint density at radius 2 is 1.76 bits per heavy atom. The number of benzene rings is 3. The van der Waals surface area contributed by atoms with Gasteiger partial charge in [-0.25, -0.2) is 5.48 Å². The highest BCUT2D eigenvalue weighted by molar-refractivity contribution is 6.30. The quantitative estimate of drug-likeness (QED) is 0.523. The molecule has 2 N–H and O–H groups in total. The van der Waals surface area contributed by atoms with E-state index >= 15 is 0 Å². The van der Waals surface area contributed by atoms with Crippen LogP contribution < -0.4 is 10.8 Å². The number of amides is 2. The van der Waals surface area contributed by atoms with E-state index in [4.69, 9.17) is 16.4 Å². The summed E-state index contributed by atoms with van der Waals surface area (Å²) in [5, 5.41) is 3.96. The molecule has 6 nitrogen and oxygen atoms in total. The second-order valence-electron chi connectivity index (χ2n) is 8.66. The van der Waals surface area contributed by atoms with Crippen molar-refractivity contribution in [3.05, 3.63) is 106 Å². The normalized spacial score (nSPS) is 21.9. The van der Waals surface area contributed by atoms with Crippen LogP contribution >= 0.6 is 11.6 Å². The first kappa shape index (κ1) is 22.6. The number of nitrogens with one attached hydrogen (secondary N) is 2. The fraction of sp³-hybridized carbons (Fsp3) is 0.259. The van der Waals surface area contributed by atoms with Gasteiger partial charge in [-0.2, -0.15) is 0 Å². The second kappa shape index (κ2) is 9.97. The SMILES string of the molecule is O=C(NOCc1ccccc1)[C@@H]1c2ccccc2C(=O)N([C@@H]2CCNC2)[C@H]1c1ccc(Cl)cc1. The Labute approximate surface area is 203 Å². The maximum Gasteiger partial charge on any atom is 0.255 e. The molecule has 34 heavy (non-hydrogen) atoms. The average molecular weight is 476 g/mol. The Morgan fingerprint density at radius 1 is 1.03 bits per heavy atom. The van der Waals surface area contributed by atoms with Crippen molar-refractivity contribution in [1.82, 2.24) is 15.7 Å². The zero-order valence-electron chi connectivity index (χ0n) is 18.6. The van der Waals surface area contributed by atoms with E-state index in [1.54, 1.807) is 18.2 Å². The molecule has 174 valence electrons. The lowest BCUT2D eigenvalue weighted by Gasteiger charge is -2.44. The summed E-state index contributed by atoms with van der Waals surface area (Å²) in [7, 11) is 0. The van der Waals surface area contributed by atoms with Crippen LogP contribution in [-0.4, -0.2) is 35.8 Å². The molecule has 2 amide bonds. The summed E-state index contributed by atoms with van der Waals surface area (Å²) in [6, 6.07) is 23.9. The summed E-state index contributed by atoms with van der Waals surface area (Å²) in [5.74, 6) is -0.975. The van der Waals surface area contributed by atoms with Crippen molar-refractivity contribution in [1.29, 1.82) is 0 Å². The molecule has 0 unspecified atom stereocenters. The van der Waals surface area contributed by atoms with Crippen molar-refractivity contribution >= 4 is 23.4 Å². The van der Waals surface area contributed by atoms with E-state index in [1.807, 2.05) is 65.6 Å². The van der Waals surface area contributed by atoms with Gasteiger partial charge < -0.3 is 10.2 Å². The number of hydrogen-bond donors (Lipinski definition) is 2. The molecule has 1 saturated heterocycles. The third-order valence-corrected chi connectivity index (χ3v) is 6.80. The second-order valence-corrected chi connectivity index (χ2v) is 9.10. The Kier molecular flexibility index (Phi) is 6.63. The van der Waals surface area contributed by atoms with Crippen LogP contribution in [0.2, 0.25) is 5.02 Å². The van der Waals surface area contributed by atoms with Gasteiger partial charge in [0.25, 0.3) is 11.8 Å². The van der Waals surface area contributed by atoms with Gasteiger partial charge in [-0.3, -0.25) is 14.4 Å². The molecule has 3 aromatic carbocycles. The van der Waals surface area contributed by atoms with E-state index in [-0.39, 0.29) is 24.5 Å². The third kappa shape index (κ3) is 4.44. The molecular formula is C27H26ClN3O3. The first-order valence-electron chi connectivity index (χ1n) is 11.5. The molecule has 7 heteroatoms. The predicted octanol–water partition coefficient (Wildman–Crippen LogP) is 4.23. The molecule has 0 radical (unpaired) electrons. The molecule has 3 aromatic rings. The number of carbonyl (C=O) groups is 2. The Hall–Kier alpha value is -3.19. The zero-order valence-corrected chi connectivity index (χ0v) is 19.4. The molecule has 0 bridgehead atoms. The fourth-order valence-corrected chi connectivity index (χ4v) is 5.08. The largest absolute Gasteiger partial charge is 0.326 e. The zero-order chi connectivity index (χ0) is 23.5. The number of rotatable bonds is 6. The highest BCUT2D eigenvalue weighted by Gasteiger charge is 2.47. The van der Waals surface area contributed by atoms with Gasteiger partial charge in [-0.15, -0.1) is 0 Å². The number of hydroxylamine groups is 1. The first-order chi connectivity index (χ1) is 16.6. The Bertz CT molecular complexity index is 1160. The number of hydrogen-bond acceptors (Lipinski definition) is 4. The fourth-order valence-electron chi connectivity index (χ4n) is 4.95. The average Bonchev–Trinajstić information content (AvgIpc) is 3.39. The van der Waals surface area contributed by atoms with Crippen LogP contribution in [0.3, 0.4) is 0 Å². The lowest BCUT2D eigenvalue weighted by molar-refractivity contribution is -0.138. The van der Waals surface area contributed by atoms with Crippen LogP contribution in [-0.2, 0) is 16.2 Å². The van der Waals surface area contributed by atoms with Crippen molar-refractivity contribution in [3.8, 4) is 0 Å². The highest BCUT2D eigenvalue weighted by Crippen LogP contribution is 2.44. The Balaban J connectivity index is 1.52. The van der Waals surface area contributed by atoms with E-state index in [0.717, 1.165) is 24.1 Å². The van der Waals surface area contributed by atoms with Gasteiger partial charge in [0.15, 0.2) is 0 Å². The number of nitrogens with zero attached hydrogens (tertiary/aromatic N) is 1. The van der Waals surface area contributed by atoms with Gasteiger partial charge in [0, 0.05) is 23.2 Å². The molecule has 0 spiro atoms. The van der Waals surface area contributed by atoms with Gasteiger partial charge in [-0.1, -0.05) is 72.3 Å². The number of halogens is 1.